The Balaban J connectivity index is 1.81. The second-order valence-electron chi connectivity index (χ2n) is 5.27. The first-order valence-corrected chi connectivity index (χ1v) is 6.86. The highest BCUT2D eigenvalue weighted by molar-refractivity contribution is 6.02. The van der Waals surface area contributed by atoms with E-state index < -0.39 is 0 Å². The number of hydrogen-bond donors (Lipinski definition) is 3. The number of nitrogens with two attached hydrogens (primary N) is 1. The molecule has 2 atom stereocenters. The second-order valence-corrected chi connectivity index (χ2v) is 5.27. The van der Waals surface area contributed by atoms with Crippen LogP contribution < -0.4 is 11.1 Å². The maximum Gasteiger partial charge on any atom is 0.227 e. The molecule has 0 aliphatic heterocycles. The van der Waals surface area contributed by atoms with Crippen LogP contribution in [0.4, 0.5) is 5.69 Å². The van der Waals surface area contributed by atoms with Gasteiger partial charge >= 0.3 is 0 Å². The van der Waals surface area contributed by atoms with E-state index in [0.29, 0.717) is 12.5 Å². The molecular weight excluding hydrogens is 238 g/mol. The lowest BCUT2D eigenvalue weighted by atomic mass is 9.95. The van der Waals surface area contributed by atoms with Crippen molar-refractivity contribution in [3.63, 3.8) is 0 Å². The van der Waals surface area contributed by atoms with Crippen LogP contribution in [-0.4, -0.2) is 17.4 Å². The molecule has 0 unspecified atom stereocenters. The topological polar surface area (TPSA) is 70.9 Å². The third-order valence-electron chi connectivity index (χ3n) is 4.15. The number of amides is 1. The van der Waals surface area contributed by atoms with Gasteiger partial charge in [-0.15, -0.1) is 0 Å². The molecule has 0 bridgehead atoms. The molecule has 1 saturated carbocycles. The minimum atomic E-state index is 0.0687. The summed E-state index contributed by atoms with van der Waals surface area (Å²) in [5, 5.41) is 4.12. The molecule has 3 rings (SSSR count). The van der Waals surface area contributed by atoms with Crippen molar-refractivity contribution in [2.45, 2.75) is 19.3 Å². The van der Waals surface area contributed by atoms with Gasteiger partial charge in [0.2, 0.25) is 5.91 Å². The minimum Gasteiger partial charge on any atom is -0.361 e. The zero-order chi connectivity index (χ0) is 13.2. The summed E-state index contributed by atoms with van der Waals surface area (Å²) in [6.07, 6.45) is 5.02. The normalized spacial score (nSPS) is 22.8. The van der Waals surface area contributed by atoms with Crippen LogP contribution in [0.25, 0.3) is 10.9 Å². The van der Waals surface area contributed by atoms with Crippen LogP contribution in [0.3, 0.4) is 0 Å². The monoisotopic (exact) mass is 257 g/mol. The van der Waals surface area contributed by atoms with E-state index in [1.54, 1.807) is 0 Å². The van der Waals surface area contributed by atoms with Crippen LogP contribution in [0, 0.1) is 11.8 Å². The average Bonchev–Trinajstić information content (AvgIpc) is 3.07. The third kappa shape index (κ3) is 2.24. The van der Waals surface area contributed by atoms with Crippen LogP contribution in [0.1, 0.15) is 19.3 Å². The van der Waals surface area contributed by atoms with E-state index in [0.717, 1.165) is 35.9 Å². The highest BCUT2D eigenvalue weighted by Crippen LogP contribution is 2.32. The fourth-order valence-electron chi connectivity index (χ4n) is 3.08. The quantitative estimate of drug-likeness (QED) is 0.790. The van der Waals surface area contributed by atoms with Crippen LogP contribution in [0.2, 0.25) is 0 Å². The SMILES string of the molecule is NC[C@H]1CCC[C@H]1C(=O)Nc1cccc2[nH]ccc12. The Morgan fingerprint density at radius 2 is 2.26 bits per heavy atom. The molecule has 1 heterocycles. The Morgan fingerprint density at radius 3 is 3.11 bits per heavy atom. The van der Waals surface area contributed by atoms with Crippen molar-refractivity contribution in [1.82, 2.24) is 4.98 Å². The van der Waals surface area contributed by atoms with Crippen molar-refractivity contribution in [3.05, 3.63) is 30.5 Å². The average molecular weight is 257 g/mol. The van der Waals surface area contributed by atoms with Crippen molar-refractivity contribution in [1.29, 1.82) is 0 Å². The summed E-state index contributed by atoms with van der Waals surface area (Å²) in [6, 6.07) is 7.88. The number of aromatic amines is 1. The van der Waals surface area contributed by atoms with Crippen molar-refractivity contribution >= 4 is 22.5 Å². The van der Waals surface area contributed by atoms with Gasteiger partial charge in [0.25, 0.3) is 0 Å². The van der Waals surface area contributed by atoms with Crippen molar-refractivity contribution in [3.8, 4) is 0 Å². The molecule has 4 nitrogen and oxygen atoms in total. The summed E-state index contributed by atoms with van der Waals surface area (Å²) < 4.78 is 0. The second kappa shape index (κ2) is 5.05. The van der Waals surface area contributed by atoms with Gasteiger partial charge in [0, 0.05) is 23.0 Å². The Labute approximate surface area is 112 Å². The lowest BCUT2D eigenvalue weighted by molar-refractivity contribution is -0.120. The van der Waals surface area contributed by atoms with E-state index in [1.165, 1.54) is 0 Å². The van der Waals surface area contributed by atoms with Gasteiger partial charge < -0.3 is 16.0 Å². The lowest BCUT2D eigenvalue weighted by Crippen LogP contribution is -2.29. The van der Waals surface area contributed by atoms with Gasteiger partial charge in [0.15, 0.2) is 0 Å². The molecule has 1 aromatic carbocycles. The zero-order valence-corrected chi connectivity index (χ0v) is 10.9. The largest absolute Gasteiger partial charge is 0.361 e. The van der Waals surface area contributed by atoms with Gasteiger partial charge in [-0.25, -0.2) is 0 Å². The van der Waals surface area contributed by atoms with Crippen LogP contribution in [0.5, 0.6) is 0 Å². The number of benzene rings is 1. The Hall–Kier alpha value is -1.81. The first-order chi connectivity index (χ1) is 9.29. The van der Waals surface area contributed by atoms with E-state index in [1.807, 2.05) is 30.5 Å². The van der Waals surface area contributed by atoms with E-state index in [2.05, 4.69) is 10.3 Å². The number of hydrogen-bond acceptors (Lipinski definition) is 2. The zero-order valence-electron chi connectivity index (χ0n) is 10.9. The number of carbonyl (C=O) groups excluding carboxylic acids is 1. The molecular formula is C15H19N3O. The van der Waals surface area contributed by atoms with Crippen LogP contribution in [0.15, 0.2) is 30.5 Å². The minimum absolute atomic E-state index is 0.0687. The predicted octanol–water partition coefficient (Wildman–Crippen LogP) is 2.48. The summed E-state index contributed by atoms with van der Waals surface area (Å²) in [5.74, 6) is 0.520. The molecule has 4 N–H and O–H groups in total. The van der Waals surface area contributed by atoms with Crippen molar-refractivity contribution in [2.24, 2.45) is 17.6 Å². The molecule has 4 heteroatoms. The van der Waals surface area contributed by atoms with Crippen molar-refractivity contribution in [2.75, 3.05) is 11.9 Å². The smallest absolute Gasteiger partial charge is 0.227 e. The van der Waals surface area contributed by atoms with E-state index in [-0.39, 0.29) is 11.8 Å². The highest BCUT2D eigenvalue weighted by atomic mass is 16.1. The summed E-state index contributed by atoms with van der Waals surface area (Å²) in [4.78, 5) is 15.5. The van der Waals surface area contributed by atoms with Crippen LogP contribution in [-0.2, 0) is 4.79 Å². The van der Waals surface area contributed by atoms with Gasteiger partial charge in [0.1, 0.15) is 0 Å². The van der Waals surface area contributed by atoms with Gasteiger partial charge in [-0.05, 0) is 43.5 Å². The first-order valence-electron chi connectivity index (χ1n) is 6.86. The molecule has 100 valence electrons. The number of nitrogens with one attached hydrogen (secondary N) is 2. The summed E-state index contributed by atoms with van der Waals surface area (Å²) in [6.45, 7) is 0.604. The van der Waals surface area contributed by atoms with Gasteiger partial charge in [-0.1, -0.05) is 12.5 Å². The van der Waals surface area contributed by atoms with E-state index in [4.69, 9.17) is 5.73 Å². The molecule has 2 aromatic rings. The number of anilines is 1. The summed E-state index contributed by atoms with van der Waals surface area (Å²) >= 11 is 0. The Bertz CT molecular complexity index is 590. The highest BCUT2D eigenvalue weighted by Gasteiger charge is 2.32. The van der Waals surface area contributed by atoms with Gasteiger partial charge in [-0.2, -0.15) is 0 Å². The lowest BCUT2D eigenvalue weighted by Gasteiger charge is -2.17. The molecule has 19 heavy (non-hydrogen) atoms. The van der Waals surface area contributed by atoms with Gasteiger partial charge in [-0.3, -0.25) is 4.79 Å². The number of aromatic nitrogens is 1. The molecule has 1 aliphatic rings. The van der Waals surface area contributed by atoms with E-state index in [9.17, 15) is 4.79 Å². The third-order valence-corrected chi connectivity index (χ3v) is 4.15. The number of fused-ring (bicyclic) bond motifs is 1. The van der Waals surface area contributed by atoms with Crippen molar-refractivity contribution < 1.29 is 4.79 Å². The standard InChI is InChI=1S/C15H19N3O/c16-9-10-3-1-4-11(10)15(19)18-14-6-2-5-13-12(14)7-8-17-13/h2,5-8,10-11,17H,1,3-4,9,16H2,(H,18,19)/t10-,11-/m1/s1. The summed E-state index contributed by atoms with van der Waals surface area (Å²) in [5.41, 5.74) is 7.67. The fraction of sp³-hybridized carbons (Fsp3) is 0.400. The molecule has 0 spiro atoms. The van der Waals surface area contributed by atoms with Crippen LogP contribution >= 0.6 is 0 Å². The van der Waals surface area contributed by atoms with Gasteiger partial charge in [0.05, 0.1) is 5.69 Å². The molecule has 1 aromatic heterocycles. The Morgan fingerprint density at radius 1 is 1.37 bits per heavy atom. The number of H-pyrrole nitrogens is 1. The first kappa shape index (κ1) is 12.2. The molecule has 1 amide bonds. The maximum atomic E-state index is 12.4. The molecule has 1 fully saturated rings. The molecule has 1 aliphatic carbocycles. The maximum absolute atomic E-state index is 12.4. The molecule has 0 radical (unpaired) electrons. The summed E-state index contributed by atoms with van der Waals surface area (Å²) in [7, 11) is 0. The fourth-order valence-corrected chi connectivity index (χ4v) is 3.08. The number of carbonyl (C=O) groups is 1. The predicted molar refractivity (Wildman–Crippen MR) is 76.8 cm³/mol. The number of rotatable bonds is 3. The molecule has 0 saturated heterocycles. The van der Waals surface area contributed by atoms with E-state index >= 15 is 0 Å². The Kier molecular flexibility index (Phi) is 3.25.